The molecule has 22 heavy (non-hydrogen) atoms. The number of hydrogen-bond donors (Lipinski definition) is 1. The van der Waals surface area contributed by atoms with Crippen molar-refractivity contribution in [3.05, 3.63) is 41.5 Å². The molecule has 1 fully saturated rings. The third-order valence-electron chi connectivity index (χ3n) is 4.55. The quantitative estimate of drug-likeness (QED) is 0.543. The monoisotopic (exact) mass is 302 g/mol. The summed E-state index contributed by atoms with van der Waals surface area (Å²) in [6.45, 7) is 7.33. The molecule has 2 nitrogen and oxygen atoms in total. The van der Waals surface area contributed by atoms with E-state index >= 15 is 0 Å². The normalized spacial score (nSPS) is 19.7. The molecule has 0 radical (unpaired) electrons. The van der Waals surface area contributed by atoms with Crippen molar-refractivity contribution < 1.29 is 9.84 Å². The minimum atomic E-state index is -0.164. The van der Waals surface area contributed by atoms with E-state index in [2.05, 4.69) is 32.9 Å². The molecule has 122 valence electrons. The second-order valence-corrected chi connectivity index (χ2v) is 6.86. The molecular weight excluding hydrogens is 272 g/mol. The first-order valence-electron chi connectivity index (χ1n) is 8.68. The number of unbranched alkanes of at least 4 members (excludes halogenated alkanes) is 2. The number of para-hydroxylation sites is 1. The molecule has 1 saturated heterocycles. The van der Waals surface area contributed by atoms with E-state index in [9.17, 15) is 5.11 Å². The molecule has 0 amide bonds. The topological polar surface area (TPSA) is 29.5 Å². The zero-order valence-electron chi connectivity index (χ0n) is 14.3. The second-order valence-electron chi connectivity index (χ2n) is 6.86. The summed E-state index contributed by atoms with van der Waals surface area (Å²) in [5, 5.41) is 10.8. The lowest BCUT2D eigenvalue weighted by Crippen LogP contribution is -2.16. The molecule has 0 aliphatic carbocycles. The first-order chi connectivity index (χ1) is 10.6. The molecule has 1 N–H and O–H groups in total. The highest BCUT2D eigenvalue weighted by atomic mass is 16.5. The molecule has 0 saturated carbocycles. The number of phenols is 1. The molecule has 1 unspecified atom stereocenters. The highest BCUT2D eigenvalue weighted by Gasteiger charge is 2.26. The summed E-state index contributed by atoms with van der Waals surface area (Å²) >= 11 is 0. The highest BCUT2D eigenvalue weighted by molar-refractivity contribution is 5.47. The smallest absolute Gasteiger partial charge is 0.125 e. The van der Waals surface area contributed by atoms with Gasteiger partial charge in [0, 0.05) is 23.1 Å². The molecule has 1 aromatic rings. The van der Waals surface area contributed by atoms with Crippen molar-refractivity contribution in [2.45, 2.75) is 70.8 Å². The molecular formula is C20H30O2. The average molecular weight is 302 g/mol. The van der Waals surface area contributed by atoms with Gasteiger partial charge < -0.3 is 9.84 Å². The Morgan fingerprint density at radius 3 is 2.82 bits per heavy atom. The van der Waals surface area contributed by atoms with Gasteiger partial charge >= 0.3 is 0 Å². The largest absolute Gasteiger partial charge is 0.507 e. The van der Waals surface area contributed by atoms with Gasteiger partial charge in [-0.1, -0.05) is 64.0 Å². The summed E-state index contributed by atoms with van der Waals surface area (Å²) in [4.78, 5) is 0. The third kappa shape index (κ3) is 4.13. The fourth-order valence-electron chi connectivity index (χ4n) is 3.12. The Bertz CT molecular complexity index is 496. The molecule has 1 aliphatic rings. The number of benzene rings is 1. The number of aromatic hydroxyl groups is 1. The molecule has 2 rings (SSSR count). The van der Waals surface area contributed by atoms with Crippen LogP contribution in [-0.4, -0.2) is 11.7 Å². The van der Waals surface area contributed by atoms with Crippen molar-refractivity contribution in [3.8, 4) is 5.75 Å². The summed E-state index contributed by atoms with van der Waals surface area (Å²) in [6, 6.07) is 6.08. The maximum Gasteiger partial charge on any atom is 0.125 e. The SMILES string of the molecule is CCCCC=CC(C)(C)c1cccc(C2CCCCO2)c1O. The van der Waals surface area contributed by atoms with Gasteiger partial charge in [-0.3, -0.25) is 0 Å². The van der Waals surface area contributed by atoms with Crippen LogP contribution in [0.2, 0.25) is 0 Å². The van der Waals surface area contributed by atoms with Crippen LogP contribution in [0.4, 0.5) is 0 Å². The van der Waals surface area contributed by atoms with Gasteiger partial charge in [-0.05, 0) is 25.7 Å². The molecule has 1 aliphatic heterocycles. The van der Waals surface area contributed by atoms with Crippen molar-refractivity contribution in [2.75, 3.05) is 6.61 Å². The van der Waals surface area contributed by atoms with Gasteiger partial charge in [0.15, 0.2) is 0 Å². The predicted octanol–water partition coefficient (Wildman–Crippen LogP) is 5.66. The van der Waals surface area contributed by atoms with Crippen LogP contribution in [0, 0.1) is 0 Å². The van der Waals surface area contributed by atoms with Crippen LogP contribution in [0.3, 0.4) is 0 Å². The van der Waals surface area contributed by atoms with Gasteiger partial charge in [0.25, 0.3) is 0 Å². The van der Waals surface area contributed by atoms with Crippen molar-refractivity contribution in [3.63, 3.8) is 0 Å². The summed E-state index contributed by atoms with van der Waals surface area (Å²) in [7, 11) is 0. The van der Waals surface area contributed by atoms with Gasteiger partial charge in [0.2, 0.25) is 0 Å². The van der Waals surface area contributed by atoms with Gasteiger partial charge in [-0.25, -0.2) is 0 Å². The lowest BCUT2D eigenvalue weighted by Gasteiger charge is -2.28. The van der Waals surface area contributed by atoms with Gasteiger partial charge in [-0.2, -0.15) is 0 Å². The van der Waals surface area contributed by atoms with Crippen LogP contribution in [0.15, 0.2) is 30.4 Å². The highest BCUT2D eigenvalue weighted by Crippen LogP contribution is 2.40. The summed E-state index contributed by atoms with van der Waals surface area (Å²) in [5.41, 5.74) is 1.78. The first-order valence-corrected chi connectivity index (χ1v) is 8.68. The Balaban J connectivity index is 2.21. The maximum absolute atomic E-state index is 10.8. The Morgan fingerprint density at radius 1 is 1.32 bits per heavy atom. The lowest BCUT2D eigenvalue weighted by atomic mass is 9.81. The standard InChI is InChI=1S/C20H30O2/c1-4-5-6-8-14-20(2,3)17-12-10-11-16(19(17)21)18-13-7-9-15-22-18/h8,10-12,14,18,21H,4-7,9,13,15H2,1-3H3. The minimum absolute atomic E-state index is 0.0496. The van der Waals surface area contributed by atoms with E-state index in [-0.39, 0.29) is 11.5 Å². The van der Waals surface area contributed by atoms with Crippen LogP contribution >= 0.6 is 0 Å². The van der Waals surface area contributed by atoms with Crippen molar-refractivity contribution in [1.82, 2.24) is 0 Å². The molecule has 0 bridgehead atoms. The number of rotatable bonds is 6. The Labute approximate surface area is 135 Å². The van der Waals surface area contributed by atoms with Gasteiger partial charge in [0.05, 0.1) is 6.10 Å². The van der Waals surface area contributed by atoms with Crippen LogP contribution < -0.4 is 0 Å². The molecule has 1 heterocycles. The second kappa shape index (κ2) is 7.82. The number of ether oxygens (including phenoxy) is 1. The van der Waals surface area contributed by atoms with Crippen LogP contribution in [0.1, 0.15) is 76.5 Å². The number of phenolic OH excluding ortho intramolecular Hbond substituents is 1. The predicted molar refractivity (Wildman–Crippen MR) is 92.3 cm³/mol. The van der Waals surface area contributed by atoms with Crippen LogP contribution in [0.5, 0.6) is 5.75 Å². The lowest BCUT2D eigenvalue weighted by molar-refractivity contribution is 0.0135. The average Bonchev–Trinajstić information content (AvgIpc) is 2.52. The summed E-state index contributed by atoms with van der Waals surface area (Å²) in [6.07, 6.45) is 11.4. The van der Waals surface area contributed by atoms with E-state index < -0.39 is 0 Å². The molecule has 1 atom stereocenters. The van der Waals surface area contributed by atoms with E-state index in [0.717, 1.165) is 37.0 Å². The fourth-order valence-corrected chi connectivity index (χ4v) is 3.12. The minimum Gasteiger partial charge on any atom is -0.507 e. The van der Waals surface area contributed by atoms with E-state index in [4.69, 9.17) is 4.74 Å². The van der Waals surface area contributed by atoms with E-state index in [0.29, 0.717) is 5.75 Å². The first kappa shape index (κ1) is 17.1. The summed E-state index contributed by atoms with van der Waals surface area (Å²) in [5.74, 6) is 0.416. The van der Waals surface area contributed by atoms with Crippen molar-refractivity contribution >= 4 is 0 Å². The van der Waals surface area contributed by atoms with Crippen molar-refractivity contribution in [2.24, 2.45) is 0 Å². The van der Waals surface area contributed by atoms with Gasteiger partial charge in [0.1, 0.15) is 5.75 Å². The Kier molecular flexibility index (Phi) is 6.07. The van der Waals surface area contributed by atoms with E-state index in [1.54, 1.807) is 0 Å². The molecule has 2 heteroatoms. The van der Waals surface area contributed by atoms with Crippen LogP contribution in [0.25, 0.3) is 0 Å². The maximum atomic E-state index is 10.8. The zero-order valence-corrected chi connectivity index (χ0v) is 14.3. The Hall–Kier alpha value is -1.28. The van der Waals surface area contributed by atoms with Gasteiger partial charge in [-0.15, -0.1) is 0 Å². The van der Waals surface area contributed by atoms with Crippen molar-refractivity contribution in [1.29, 1.82) is 0 Å². The van der Waals surface area contributed by atoms with Crippen LogP contribution in [-0.2, 0) is 10.2 Å². The molecule has 1 aromatic carbocycles. The molecule has 0 aromatic heterocycles. The Morgan fingerprint density at radius 2 is 2.14 bits per heavy atom. The number of hydrogen-bond acceptors (Lipinski definition) is 2. The van der Waals surface area contributed by atoms with E-state index in [1.165, 1.54) is 19.3 Å². The fraction of sp³-hybridized carbons (Fsp3) is 0.600. The summed E-state index contributed by atoms with van der Waals surface area (Å²) < 4.78 is 5.85. The molecule has 0 spiro atoms. The zero-order chi connectivity index (χ0) is 16.0. The van der Waals surface area contributed by atoms with E-state index in [1.807, 2.05) is 18.2 Å². The third-order valence-corrected chi connectivity index (χ3v) is 4.55. The number of allylic oxidation sites excluding steroid dienone is 2.